The van der Waals surface area contributed by atoms with Crippen molar-refractivity contribution in [1.82, 2.24) is 29.4 Å². The molecule has 1 unspecified atom stereocenters. The highest BCUT2D eigenvalue weighted by Crippen LogP contribution is 2.37. The van der Waals surface area contributed by atoms with Gasteiger partial charge >= 0.3 is 12.1 Å². The Balaban J connectivity index is 1.71. The lowest BCUT2D eigenvalue weighted by atomic mass is 10.1. The van der Waals surface area contributed by atoms with E-state index in [9.17, 15) is 18.0 Å². The number of alkyl halides is 3. The number of carbonyl (C=O) groups excluding carboxylic acids is 1. The van der Waals surface area contributed by atoms with Crippen LogP contribution in [-0.4, -0.2) is 67.3 Å². The molecule has 3 aromatic rings. The van der Waals surface area contributed by atoms with Crippen LogP contribution < -0.4 is 4.74 Å². The third-order valence-corrected chi connectivity index (χ3v) is 6.64. The first-order chi connectivity index (χ1) is 18.0. The molecule has 0 aliphatic carbocycles. The monoisotopic (exact) mass is 534 g/mol. The molecular weight excluding hydrogens is 501 g/mol. The number of halogens is 3. The van der Waals surface area contributed by atoms with Crippen molar-refractivity contribution in [2.75, 3.05) is 19.7 Å². The summed E-state index contributed by atoms with van der Waals surface area (Å²) >= 11 is 0. The van der Waals surface area contributed by atoms with Crippen molar-refractivity contribution in [3.05, 3.63) is 29.7 Å². The number of carbonyl (C=O) groups is 1. The molecule has 1 saturated heterocycles. The number of hydrogen-bond acceptors (Lipinski definition) is 6. The lowest BCUT2D eigenvalue weighted by Crippen LogP contribution is -2.45. The summed E-state index contributed by atoms with van der Waals surface area (Å²) in [7, 11) is 1.69. The van der Waals surface area contributed by atoms with Gasteiger partial charge < -0.3 is 14.4 Å². The molecule has 1 amide bonds. The summed E-state index contributed by atoms with van der Waals surface area (Å²) in [4.78, 5) is 17.4. The predicted molar refractivity (Wildman–Crippen MR) is 137 cm³/mol. The van der Waals surface area contributed by atoms with E-state index in [0.717, 1.165) is 40.8 Å². The van der Waals surface area contributed by atoms with Crippen molar-refractivity contribution in [1.29, 1.82) is 0 Å². The van der Waals surface area contributed by atoms with Gasteiger partial charge in [0.05, 0.1) is 40.4 Å². The van der Waals surface area contributed by atoms with Crippen LogP contribution in [0.2, 0.25) is 0 Å². The zero-order valence-corrected chi connectivity index (χ0v) is 22.3. The average Bonchev–Trinajstić information content (AvgIpc) is 3.38. The Labute approximate surface area is 219 Å². The summed E-state index contributed by atoms with van der Waals surface area (Å²) in [6, 6.07) is 1.90. The highest BCUT2D eigenvalue weighted by atomic mass is 19.4. The number of fused-ring (bicyclic) bond motifs is 1. The maximum atomic E-state index is 13.0. The summed E-state index contributed by atoms with van der Waals surface area (Å²) in [6.07, 6.45) is -1.24. The molecule has 9 nitrogen and oxygen atoms in total. The van der Waals surface area contributed by atoms with Gasteiger partial charge in [0.2, 0.25) is 5.88 Å². The molecule has 3 aromatic heterocycles. The number of rotatable bonds is 8. The molecule has 0 aromatic carbocycles. The lowest BCUT2D eigenvalue weighted by Gasteiger charge is -2.26. The molecule has 206 valence electrons. The van der Waals surface area contributed by atoms with E-state index in [4.69, 9.17) is 19.6 Å². The molecule has 0 N–H and O–H groups in total. The molecule has 0 saturated carbocycles. The minimum absolute atomic E-state index is 0.0975. The van der Waals surface area contributed by atoms with E-state index in [1.807, 2.05) is 24.6 Å². The number of nitrogens with zero attached hydrogens (tertiary/aromatic N) is 6. The summed E-state index contributed by atoms with van der Waals surface area (Å²) in [5.41, 5.74) is 4.14. The molecule has 1 fully saturated rings. The fraction of sp³-hybridized carbons (Fsp3) is 0.538. The highest BCUT2D eigenvalue weighted by molar-refractivity contribution is 5.92. The van der Waals surface area contributed by atoms with Crippen LogP contribution in [0.5, 0.6) is 5.88 Å². The second-order valence-corrected chi connectivity index (χ2v) is 9.50. The van der Waals surface area contributed by atoms with Crippen molar-refractivity contribution in [2.45, 2.75) is 65.5 Å². The topological polar surface area (TPSA) is 87.3 Å². The standard InChI is InChI=1S/C26H33F3N6O3/c1-7-19-18-13-20(30-17(5)23(18)35(32-19)21-11-9-10-12-37-21)22-16(4)31-33(6)24(22)38-15(3)14-34(8-2)25(36)26(27,28)29/h7,13,15,21H,1,8-12,14H2,2-6H3/t15-,21?/m0/s1. The van der Waals surface area contributed by atoms with Gasteiger partial charge in [-0.2, -0.15) is 23.4 Å². The van der Waals surface area contributed by atoms with Crippen LogP contribution >= 0.6 is 0 Å². The van der Waals surface area contributed by atoms with E-state index >= 15 is 0 Å². The van der Waals surface area contributed by atoms with E-state index in [-0.39, 0.29) is 19.3 Å². The van der Waals surface area contributed by atoms with Crippen LogP contribution in [0.15, 0.2) is 12.6 Å². The summed E-state index contributed by atoms with van der Waals surface area (Å²) < 4.78 is 54.4. The van der Waals surface area contributed by atoms with Gasteiger partial charge in [0.15, 0.2) is 6.23 Å². The van der Waals surface area contributed by atoms with Crippen LogP contribution in [0.1, 0.15) is 56.4 Å². The number of likely N-dealkylation sites (N-methyl/N-ethyl adjacent to an activating group) is 1. The maximum absolute atomic E-state index is 13.0. The third kappa shape index (κ3) is 5.27. The first-order valence-corrected chi connectivity index (χ1v) is 12.7. The van der Waals surface area contributed by atoms with Gasteiger partial charge in [0.1, 0.15) is 6.10 Å². The Hall–Kier alpha value is -3.41. The number of pyridine rings is 1. The maximum Gasteiger partial charge on any atom is 0.471 e. The molecular formula is C26H33F3N6O3. The molecule has 0 bridgehead atoms. The van der Waals surface area contributed by atoms with E-state index in [1.165, 1.54) is 11.6 Å². The van der Waals surface area contributed by atoms with E-state index < -0.39 is 18.2 Å². The van der Waals surface area contributed by atoms with Crippen LogP contribution in [0.3, 0.4) is 0 Å². The van der Waals surface area contributed by atoms with Crippen molar-refractivity contribution in [2.24, 2.45) is 7.05 Å². The van der Waals surface area contributed by atoms with Gasteiger partial charge in [0.25, 0.3) is 0 Å². The molecule has 4 rings (SSSR count). The second-order valence-electron chi connectivity index (χ2n) is 9.50. The van der Waals surface area contributed by atoms with Gasteiger partial charge in [-0.05, 0) is 59.1 Å². The van der Waals surface area contributed by atoms with E-state index in [0.29, 0.717) is 35.1 Å². The van der Waals surface area contributed by atoms with Gasteiger partial charge in [-0.1, -0.05) is 6.58 Å². The SMILES string of the molecule is C=Cc1nn(C2CCCCO2)c2c(C)nc(-c3c(C)nn(C)c3O[C@@H](C)CN(CC)C(=O)C(F)(F)F)cc12. The Morgan fingerprint density at radius 3 is 2.66 bits per heavy atom. The first kappa shape index (κ1) is 27.6. The molecule has 0 spiro atoms. The Morgan fingerprint density at radius 1 is 1.32 bits per heavy atom. The molecule has 4 heterocycles. The van der Waals surface area contributed by atoms with Crippen molar-refractivity contribution < 1.29 is 27.4 Å². The fourth-order valence-corrected chi connectivity index (χ4v) is 4.91. The number of hydrogen-bond donors (Lipinski definition) is 0. The Kier molecular flexibility index (Phi) is 7.82. The average molecular weight is 535 g/mol. The van der Waals surface area contributed by atoms with Crippen LogP contribution in [0.25, 0.3) is 28.2 Å². The Morgan fingerprint density at radius 2 is 2.05 bits per heavy atom. The number of aromatic nitrogens is 5. The normalized spacial score (nSPS) is 17.0. The third-order valence-electron chi connectivity index (χ3n) is 6.64. The highest BCUT2D eigenvalue weighted by Gasteiger charge is 2.42. The van der Waals surface area contributed by atoms with Crippen molar-refractivity contribution in [3.63, 3.8) is 0 Å². The Bertz CT molecular complexity index is 1340. The minimum Gasteiger partial charge on any atom is -0.472 e. The molecule has 1 aliphatic heterocycles. The van der Waals surface area contributed by atoms with Gasteiger partial charge in [-0.15, -0.1) is 0 Å². The quantitative estimate of drug-likeness (QED) is 0.406. The smallest absolute Gasteiger partial charge is 0.471 e. The van der Waals surface area contributed by atoms with Gasteiger partial charge in [-0.25, -0.2) is 9.36 Å². The largest absolute Gasteiger partial charge is 0.472 e. The zero-order valence-electron chi connectivity index (χ0n) is 22.3. The molecule has 2 atom stereocenters. The van der Waals surface area contributed by atoms with Gasteiger partial charge in [0, 0.05) is 25.6 Å². The lowest BCUT2D eigenvalue weighted by molar-refractivity contribution is -0.186. The zero-order chi connectivity index (χ0) is 27.8. The fourth-order valence-electron chi connectivity index (χ4n) is 4.91. The molecule has 38 heavy (non-hydrogen) atoms. The summed E-state index contributed by atoms with van der Waals surface area (Å²) in [5.74, 6) is -1.55. The predicted octanol–water partition coefficient (Wildman–Crippen LogP) is 4.97. The van der Waals surface area contributed by atoms with E-state index in [1.54, 1.807) is 20.0 Å². The number of ether oxygens (including phenoxy) is 2. The number of amides is 1. The van der Waals surface area contributed by atoms with E-state index in [2.05, 4.69) is 11.7 Å². The second kappa shape index (κ2) is 10.8. The summed E-state index contributed by atoms with van der Waals surface area (Å²) in [6.45, 7) is 11.1. The van der Waals surface area contributed by atoms with Crippen molar-refractivity contribution in [3.8, 4) is 17.1 Å². The van der Waals surface area contributed by atoms with Crippen molar-refractivity contribution >= 4 is 22.9 Å². The van der Waals surface area contributed by atoms with Crippen LogP contribution in [0, 0.1) is 13.8 Å². The first-order valence-electron chi connectivity index (χ1n) is 12.7. The number of aryl methyl sites for hydroxylation is 3. The minimum atomic E-state index is -4.95. The molecule has 12 heteroatoms. The van der Waals surface area contributed by atoms with Crippen LogP contribution in [0.4, 0.5) is 13.2 Å². The molecule has 1 aliphatic rings. The van der Waals surface area contributed by atoms with Crippen LogP contribution in [-0.2, 0) is 16.6 Å². The molecule has 0 radical (unpaired) electrons. The summed E-state index contributed by atoms with van der Waals surface area (Å²) in [5, 5.41) is 10.1. The van der Waals surface area contributed by atoms with Gasteiger partial charge in [-0.3, -0.25) is 9.78 Å².